The molecule has 0 aromatic heterocycles. The number of aromatic hydroxyl groups is 1. The number of fused-ring (bicyclic) bond motifs is 2. The van der Waals surface area contributed by atoms with E-state index in [1.807, 2.05) is 18.2 Å². The van der Waals surface area contributed by atoms with Gasteiger partial charge in [-0.05, 0) is 55.2 Å². The van der Waals surface area contributed by atoms with Gasteiger partial charge in [0.1, 0.15) is 12.3 Å². The predicted molar refractivity (Wildman–Crippen MR) is 102 cm³/mol. The Kier molecular flexibility index (Phi) is 4.20. The Labute approximate surface area is 162 Å². The van der Waals surface area contributed by atoms with E-state index >= 15 is 0 Å². The summed E-state index contributed by atoms with van der Waals surface area (Å²) in [5, 5.41) is 10.4. The normalized spacial score (nSPS) is 19.7. The summed E-state index contributed by atoms with van der Waals surface area (Å²) in [5.41, 5.74) is 2.03. The van der Waals surface area contributed by atoms with E-state index in [1.165, 1.54) is 24.2 Å². The molecule has 3 aliphatic rings. The molecule has 144 valence electrons. The van der Waals surface area contributed by atoms with E-state index in [0.29, 0.717) is 29.4 Å². The first-order chi connectivity index (χ1) is 13.7. The lowest BCUT2D eigenvalue weighted by Crippen LogP contribution is -3.11. The van der Waals surface area contributed by atoms with Crippen molar-refractivity contribution in [2.45, 2.75) is 25.8 Å². The van der Waals surface area contributed by atoms with Crippen molar-refractivity contribution in [1.82, 2.24) is 0 Å². The number of ether oxygens (including phenoxy) is 3. The molecular formula is C22H22NO5+. The number of ketones is 1. The number of allylic oxidation sites excluding steroid dienone is 1. The van der Waals surface area contributed by atoms with Crippen LogP contribution in [0.4, 0.5) is 0 Å². The Morgan fingerprint density at radius 3 is 2.71 bits per heavy atom. The number of carbonyl (C=O) groups is 1. The predicted octanol–water partition coefficient (Wildman–Crippen LogP) is 2.31. The van der Waals surface area contributed by atoms with Crippen molar-refractivity contribution in [1.29, 1.82) is 0 Å². The topological polar surface area (TPSA) is 69.4 Å². The summed E-state index contributed by atoms with van der Waals surface area (Å²) in [6, 6.07) is 8.74. The Morgan fingerprint density at radius 2 is 1.86 bits per heavy atom. The highest BCUT2D eigenvalue weighted by molar-refractivity contribution is 6.15. The number of piperidine rings is 1. The van der Waals surface area contributed by atoms with Crippen LogP contribution in [0.3, 0.4) is 0 Å². The lowest BCUT2D eigenvalue weighted by atomic mass is 10.0. The largest absolute Gasteiger partial charge is 0.507 e. The second-order valence-electron chi connectivity index (χ2n) is 7.48. The van der Waals surface area contributed by atoms with Crippen LogP contribution in [-0.4, -0.2) is 30.8 Å². The summed E-state index contributed by atoms with van der Waals surface area (Å²) < 4.78 is 16.7. The molecule has 2 aromatic carbocycles. The third kappa shape index (κ3) is 2.99. The van der Waals surface area contributed by atoms with E-state index in [2.05, 4.69) is 0 Å². The van der Waals surface area contributed by atoms with Crippen molar-refractivity contribution in [2.75, 3.05) is 19.9 Å². The van der Waals surface area contributed by atoms with Crippen molar-refractivity contribution >= 4 is 11.9 Å². The summed E-state index contributed by atoms with van der Waals surface area (Å²) in [4.78, 5) is 14.3. The highest BCUT2D eigenvalue weighted by Crippen LogP contribution is 2.40. The van der Waals surface area contributed by atoms with Gasteiger partial charge in [0.25, 0.3) is 0 Å². The molecule has 6 heteroatoms. The lowest BCUT2D eigenvalue weighted by Gasteiger charge is -2.24. The molecular weight excluding hydrogens is 358 g/mol. The van der Waals surface area contributed by atoms with E-state index < -0.39 is 0 Å². The SMILES string of the molecule is O=C1/C(=C/c2ccc3c(c2)OCO3)Oc2c1ccc(O)c2C[NH+]1CCCCC1. The van der Waals surface area contributed by atoms with E-state index in [4.69, 9.17) is 14.2 Å². The Bertz CT molecular complexity index is 975. The minimum Gasteiger partial charge on any atom is -0.507 e. The summed E-state index contributed by atoms with van der Waals surface area (Å²) in [7, 11) is 0. The monoisotopic (exact) mass is 380 g/mol. The van der Waals surface area contributed by atoms with Gasteiger partial charge in [0, 0.05) is 0 Å². The second kappa shape index (κ2) is 6.87. The molecule has 0 atom stereocenters. The molecule has 1 fully saturated rings. The van der Waals surface area contributed by atoms with E-state index in [0.717, 1.165) is 24.2 Å². The number of phenols is 1. The van der Waals surface area contributed by atoms with Crippen LogP contribution in [0.15, 0.2) is 36.1 Å². The maximum absolute atomic E-state index is 12.9. The molecule has 0 unspecified atom stereocenters. The van der Waals surface area contributed by atoms with Crippen LogP contribution in [0.2, 0.25) is 0 Å². The molecule has 5 rings (SSSR count). The van der Waals surface area contributed by atoms with Crippen LogP contribution < -0.4 is 19.1 Å². The average molecular weight is 380 g/mol. The molecule has 0 amide bonds. The third-order valence-corrected chi connectivity index (χ3v) is 5.60. The summed E-state index contributed by atoms with van der Waals surface area (Å²) in [5.74, 6) is 2.13. The van der Waals surface area contributed by atoms with Crippen LogP contribution in [0.5, 0.6) is 23.0 Å². The molecule has 6 nitrogen and oxygen atoms in total. The first-order valence-corrected chi connectivity index (χ1v) is 9.71. The summed E-state index contributed by atoms with van der Waals surface area (Å²) >= 11 is 0. The van der Waals surface area contributed by atoms with Crippen LogP contribution in [0.1, 0.15) is 40.7 Å². The van der Waals surface area contributed by atoms with Gasteiger partial charge in [-0.25, -0.2) is 0 Å². The molecule has 0 aliphatic carbocycles. The van der Waals surface area contributed by atoms with E-state index in [1.54, 1.807) is 18.2 Å². The zero-order valence-electron chi connectivity index (χ0n) is 15.5. The van der Waals surface area contributed by atoms with E-state index in [-0.39, 0.29) is 24.1 Å². The average Bonchev–Trinajstić information content (AvgIpc) is 3.30. The van der Waals surface area contributed by atoms with Crippen molar-refractivity contribution < 1.29 is 29.0 Å². The van der Waals surface area contributed by atoms with Crippen molar-refractivity contribution in [3.05, 3.63) is 52.8 Å². The third-order valence-electron chi connectivity index (χ3n) is 5.60. The van der Waals surface area contributed by atoms with Gasteiger partial charge in [-0.3, -0.25) is 4.79 Å². The van der Waals surface area contributed by atoms with Gasteiger partial charge in [-0.1, -0.05) is 6.07 Å². The van der Waals surface area contributed by atoms with Crippen molar-refractivity contribution in [2.24, 2.45) is 0 Å². The molecule has 1 saturated heterocycles. The first kappa shape index (κ1) is 17.1. The number of nitrogens with one attached hydrogen (secondary N) is 1. The highest BCUT2D eigenvalue weighted by Gasteiger charge is 2.33. The number of hydrogen-bond acceptors (Lipinski definition) is 5. The summed E-state index contributed by atoms with van der Waals surface area (Å²) in [6.07, 6.45) is 5.36. The van der Waals surface area contributed by atoms with Crippen LogP contribution >= 0.6 is 0 Å². The van der Waals surface area contributed by atoms with Gasteiger partial charge in [0.2, 0.25) is 12.6 Å². The smallest absolute Gasteiger partial charge is 0.231 e. The van der Waals surface area contributed by atoms with Gasteiger partial charge in [-0.2, -0.15) is 0 Å². The number of benzene rings is 2. The zero-order valence-corrected chi connectivity index (χ0v) is 15.5. The Hall–Kier alpha value is -2.99. The molecule has 0 spiro atoms. The summed E-state index contributed by atoms with van der Waals surface area (Å²) in [6.45, 7) is 3.03. The molecule has 2 aromatic rings. The Balaban J connectivity index is 1.45. The molecule has 0 bridgehead atoms. The quantitative estimate of drug-likeness (QED) is 0.800. The van der Waals surface area contributed by atoms with Gasteiger partial charge >= 0.3 is 0 Å². The zero-order chi connectivity index (χ0) is 19.1. The number of phenolic OH excluding ortho intramolecular Hbond substituents is 1. The molecule has 28 heavy (non-hydrogen) atoms. The highest BCUT2D eigenvalue weighted by atomic mass is 16.7. The minimum atomic E-state index is -0.164. The number of rotatable bonds is 3. The molecule has 3 heterocycles. The number of Topliss-reactive ketones (excluding diaryl/α,β-unsaturated/α-hetero) is 1. The van der Waals surface area contributed by atoms with Gasteiger partial charge in [0.15, 0.2) is 23.0 Å². The van der Waals surface area contributed by atoms with E-state index in [9.17, 15) is 9.90 Å². The Morgan fingerprint density at radius 1 is 1.04 bits per heavy atom. The number of hydrogen-bond donors (Lipinski definition) is 2. The van der Waals surface area contributed by atoms with Crippen LogP contribution in [0.25, 0.3) is 6.08 Å². The fourth-order valence-corrected chi connectivity index (χ4v) is 4.10. The van der Waals surface area contributed by atoms with Crippen molar-refractivity contribution in [3.63, 3.8) is 0 Å². The van der Waals surface area contributed by atoms with Gasteiger partial charge < -0.3 is 24.2 Å². The molecule has 2 N–H and O–H groups in total. The van der Waals surface area contributed by atoms with Crippen LogP contribution in [0, 0.1) is 0 Å². The van der Waals surface area contributed by atoms with Crippen LogP contribution in [-0.2, 0) is 6.54 Å². The number of likely N-dealkylation sites (tertiary alicyclic amines) is 1. The molecule has 0 saturated carbocycles. The lowest BCUT2D eigenvalue weighted by molar-refractivity contribution is -0.918. The fraction of sp³-hybridized carbons (Fsp3) is 0.318. The maximum atomic E-state index is 12.9. The van der Waals surface area contributed by atoms with Crippen molar-refractivity contribution in [3.8, 4) is 23.0 Å². The van der Waals surface area contributed by atoms with Gasteiger partial charge in [-0.15, -0.1) is 0 Å². The number of quaternary nitrogens is 1. The molecule has 3 aliphatic heterocycles. The molecule has 0 radical (unpaired) electrons. The minimum absolute atomic E-state index is 0.164. The fourth-order valence-electron chi connectivity index (χ4n) is 4.10. The standard InChI is InChI=1S/C22H21NO5/c24-17-6-5-15-21(25)20(11-14-4-7-18-19(10-14)27-13-26-18)28-22(15)16(17)12-23-8-2-1-3-9-23/h4-7,10-11,24H,1-3,8-9,12-13H2/p+1/b20-11-. The first-order valence-electron chi connectivity index (χ1n) is 9.71. The maximum Gasteiger partial charge on any atom is 0.231 e. The number of carbonyl (C=O) groups excluding carboxylic acids is 1. The second-order valence-corrected chi connectivity index (χ2v) is 7.48. The van der Waals surface area contributed by atoms with Gasteiger partial charge in [0.05, 0.1) is 24.2 Å².